The molecule has 1 unspecified atom stereocenters. The Hall–Kier alpha value is -3.20. The van der Waals surface area contributed by atoms with Gasteiger partial charge in [0, 0.05) is 12.1 Å². The molecule has 0 saturated carbocycles. The molecule has 4 rings (SSSR count). The van der Waals surface area contributed by atoms with E-state index < -0.39 is 0 Å². The number of hydrogen-bond donors (Lipinski definition) is 0. The van der Waals surface area contributed by atoms with Gasteiger partial charge < -0.3 is 23.5 Å². The predicted octanol–water partition coefficient (Wildman–Crippen LogP) is 4.22. The molecular weight excluding hydrogens is 430 g/mol. The van der Waals surface area contributed by atoms with Gasteiger partial charge in [-0.05, 0) is 54.8 Å². The van der Waals surface area contributed by atoms with Gasteiger partial charge in [0.15, 0.2) is 11.5 Å². The summed E-state index contributed by atoms with van der Waals surface area (Å²) in [6.07, 6.45) is 1.87. The van der Waals surface area contributed by atoms with Crippen molar-refractivity contribution in [3.05, 3.63) is 48.0 Å². The molecule has 168 valence electrons. The Balaban J connectivity index is 1.40. The van der Waals surface area contributed by atoms with E-state index in [1.807, 2.05) is 47.4 Å². The van der Waals surface area contributed by atoms with Crippen molar-refractivity contribution in [3.63, 3.8) is 0 Å². The minimum Gasteiger partial charge on any atom is -0.497 e. The molecule has 1 aliphatic heterocycles. The largest absolute Gasteiger partial charge is 0.497 e. The van der Waals surface area contributed by atoms with Crippen molar-refractivity contribution < 1.29 is 23.4 Å². The fourth-order valence-electron chi connectivity index (χ4n) is 3.80. The number of thioether (sulfide) groups is 1. The highest BCUT2D eigenvalue weighted by Crippen LogP contribution is 2.37. The zero-order valence-corrected chi connectivity index (χ0v) is 19.1. The average molecular weight is 456 g/mol. The molecule has 9 heteroatoms. The molecule has 0 radical (unpaired) electrons. The number of carbonyl (C=O) groups excluding carboxylic acids is 1. The lowest BCUT2D eigenvalue weighted by Crippen LogP contribution is -2.32. The number of amides is 1. The number of ether oxygens (including phenoxy) is 3. The highest BCUT2D eigenvalue weighted by molar-refractivity contribution is 7.99. The van der Waals surface area contributed by atoms with Gasteiger partial charge in [0.1, 0.15) is 5.75 Å². The van der Waals surface area contributed by atoms with Crippen LogP contribution in [0.3, 0.4) is 0 Å². The monoisotopic (exact) mass is 455 g/mol. The molecule has 1 fully saturated rings. The summed E-state index contributed by atoms with van der Waals surface area (Å²) in [5, 5.41) is 8.52. The molecule has 1 aliphatic rings. The van der Waals surface area contributed by atoms with E-state index >= 15 is 0 Å². The lowest BCUT2D eigenvalue weighted by Gasteiger charge is -2.25. The lowest BCUT2D eigenvalue weighted by atomic mass is 10.0. The summed E-state index contributed by atoms with van der Waals surface area (Å²) in [6, 6.07) is 13.2. The minimum absolute atomic E-state index is 0.0143. The summed E-state index contributed by atoms with van der Waals surface area (Å²) in [5.74, 6) is 2.77. The smallest absolute Gasteiger partial charge is 0.277 e. The van der Waals surface area contributed by atoms with E-state index in [0.29, 0.717) is 22.6 Å². The number of nitrogens with zero attached hydrogens (tertiary/aromatic N) is 3. The van der Waals surface area contributed by atoms with E-state index in [9.17, 15) is 4.79 Å². The van der Waals surface area contributed by atoms with Gasteiger partial charge >= 0.3 is 0 Å². The number of benzene rings is 2. The topological polar surface area (TPSA) is 86.9 Å². The summed E-state index contributed by atoms with van der Waals surface area (Å²) in [7, 11) is 4.84. The zero-order valence-electron chi connectivity index (χ0n) is 18.2. The van der Waals surface area contributed by atoms with Crippen molar-refractivity contribution in [2.45, 2.75) is 24.1 Å². The van der Waals surface area contributed by atoms with Gasteiger partial charge in [-0.1, -0.05) is 17.8 Å². The van der Waals surface area contributed by atoms with Gasteiger partial charge in [0.2, 0.25) is 11.8 Å². The van der Waals surface area contributed by atoms with Crippen LogP contribution in [0.15, 0.2) is 52.1 Å². The number of rotatable bonds is 8. The molecule has 0 N–H and O–H groups in total. The molecule has 2 heterocycles. The van der Waals surface area contributed by atoms with E-state index in [0.717, 1.165) is 36.3 Å². The summed E-state index contributed by atoms with van der Waals surface area (Å²) in [6.45, 7) is 0.722. The fraction of sp³-hybridized carbons (Fsp3) is 0.348. The first kappa shape index (κ1) is 22.0. The average Bonchev–Trinajstić information content (AvgIpc) is 3.52. The zero-order chi connectivity index (χ0) is 22.5. The number of hydrogen-bond acceptors (Lipinski definition) is 8. The van der Waals surface area contributed by atoms with Crippen LogP contribution in [0.2, 0.25) is 0 Å². The molecule has 0 spiro atoms. The van der Waals surface area contributed by atoms with Gasteiger partial charge in [0.05, 0.1) is 33.1 Å². The van der Waals surface area contributed by atoms with Crippen molar-refractivity contribution in [1.29, 1.82) is 0 Å². The Morgan fingerprint density at radius 1 is 1.06 bits per heavy atom. The minimum atomic E-state index is 0.0143. The number of aromatic nitrogens is 2. The number of likely N-dealkylation sites (tertiary alicyclic amines) is 1. The Labute approximate surface area is 190 Å². The van der Waals surface area contributed by atoms with Gasteiger partial charge in [-0.15, -0.1) is 10.2 Å². The van der Waals surface area contributed by atoms with Gasteiger partial charge in [-0.2, -0.15) is 0 Å². The van der Waals surface area contributed by atoms with Crippen LogP contribution in [-0.2, 0) is 4.79 Å². The maximum Gasteiger partial charge on any atom is 0.277 e. The van der Waals surface area contributed by atoms with E-state index in [1.54, 1.807) is 21.3 Å². The second-order valence-electron chi connectivity index (χ2n) is 7.25. The quantitative estimate of drug-likeness (QED) is 0.467. The van der Waals surface area contributed by atoms with Crippen LogP contribution in [0, 0.1) is 0 Å². The first-order chi connectivity index (χ1) is 15.6. The maximum absolute atomic E-state index is 13.0. The molecule has 8 nitrogen and oxygen atoms in total. The van der Waals surface area contributed by atoms with Crippen molar-refractivity contribution in [2.24, 2.45) is 0 Å². The third-order valence-electron chi connectivity index (χ3n) is 5.43. The van der Waals surface area contributed by atoms with Gasteiger partial charge in [-0.3, -0.25) is 4.79 Å². The first-order valence-electron chi connectivity index (χ1n) is 10.2. The van der Waals surface area contributed by atoms with Crippen molar-refractivity contribution in [2.75, 3.05) is 33.6 Å². The fourth-order valence-corrected chi connectivity index (χ4v) is 4.45. The first-order valence-corrected chi connectivity index (χ1v) is 11.2. The van der Waals surface area contributed by atoms with Crippen LogP contribution in [-0.4, -0.2) is 54.6 Å². The van der Waals surface area contributed by atoms with Crippen molar-refractivity contribution in [1.82, 2.24) is 15.1 Å². The van der Waals surface area contributed by atoms with E-state index in [-0.39, 0.29) is 17.7 Å². The second-order valence-corrected chi connectivity index (χ2v) is 8.18. The number of carbonyl (C=O) groups is 1. The number of methoxy groups -OCH3 is 3. The van der Waals surface area contributed by atoms with Crippen LogP contribution in [0.25, 0.3) is 11.5 Å². The SMILES string of the molecule is COc1ccc(-c2nnc(SCC(=O)N3CCCC3c3ccc(OC)c(OC)c3)o2)cc1. The van der Waals surface area contributed by atoms with Gasteiger partial charge in [-0.25, -0.2) is 0 Å². The molecule has 0 aliphatic carbocycles. The molecule has 1 amide bonds. The summed E-state index contributed by atoms with van der Waals surface area (Å²) < 4.78 is 21.6. The molecule has 0 bridgehead atoms. The highest BCUT2D eigenvalue weighted by Gasteiger charge is 2.30. The normalized spacial score (nSPS) is 15.6. The molecular formula is C23H25N3O5S. The lowest BCUT2D eigenvalue weighted by molar-refractivity contribution is -0.129. The Morgan fingerprint density at radius 3 is 2.56 bits per heavy atom. The molecule has 3 aromatic rings. The standard InChI is InChI=1S/C23H25N3O5S/c1-28-17-9-6-15(7-10-17)22-24-25-23(31-22)32-14-21(27)26-12-4-5-18(26)16-8-11-19(29-2)20(13-16)30-3/h6-11,13,18H,4-5,12,14H2,1-3H3. The van der Waals surface area contributed by atoms with Crippen molar-refractivity contribution in [3.8, 4) is 28.7 Å². The summed E-state index contributed by atoms with van der Waals surface area (Å²) >= 11 is 1.25. The van der Waals surface area contributed by atoms with Crippen LogP contribution < -0.4 is 14.2 Å². The van der Waals surface area contributed by atoms with Crippen molar-refractivity contribution >= 4 is 17.7 Å². The molecule has 1 saturated heterocycles. The second kappa shape index (κ2) is 9.95. The molecule has 1 atom stereocenters. The Kier molecular flexibility index (Phi) is 6.84. The van der Waals surface area contributed by atoms with E-state index in [4.69, 9.17) is 18.6 Å². The summed E-state index contributed by atoms with van der Waals surface area (Å²) in [5.41, 5.74) is 1.84. The maximum atomic E-state index is 13.0. The van der Waals surface area contributed by atoms with Crippen LogP contribution >= 0.6 is 11.8 Å². The third kappa shape index (κ3) is 4.67. The molecule has 32 heavy (non-hydrogen) atoms. The van der Waals surface area contributed by atoms with Crippen LogP contribution in [0.1, 0.15) is 24.4 Å². The Bertz CT molecular complexity index is 1070. The van der Waals surface area contributed by atoms with Crippen LogP contribution in [0.5, 0.6) is 17.2 Å². The predicted molar refractivity (Wildman–Crippen MR) is 120 cm³/mol. The summed E-state index contributed by atoms with van der Waals surface area (Å²) in [4.78, 5) is 14.9. The molecule has 2 aromatic carbocycles. The molecule has 1 aromatic heterocycles. The van der Waals surface area contributed by atoms with Gasteiger partial charge in [0.25, 0.3) is 5.22 Å². The van der Waals surface area contributed by atoms with Crippen LogP contribution in [0.4, 0.5) is 0 Å². The highest BCUT2D eigenvalue weighted by atomic mass is 32.2. The van der Waals surface area contributed by atoms with E-state index in [1.165, 1.54) is 11.8 Å². The van der Waals surface area contributed by atoms with E-state index in [2.05, 4.69) is 10.2 Å². The third-order valence-corrected chi connectivity index (χ3v) is 6.23. The Morgan fingerprint density at radius 2 is 1.84 bits per heavy atom.